The molecule has 122 valence electrons. The molecule has 0 saturated heterocycles. The summed E-state index contributed by atoms with van der Waals surface area (Å²) in [7, 11) is -4.07. The number of nitrogens with zero attached hydrogens (tertiary/aromatic N) is 1. The topological polar surface area (TPSA) is 57.2 Å². The van der Waals surface area contributed by atoms with Crippen molar-refractivity contribution in [2.75, 3.05) is 31.9 Å². The highest BCUT2D eigenvalue weighted by atomic mass is 32.2. The Morgan fingerprint density at radius 2 is 1.15 bits per heavy atom. The predicted octanol–water partition coefficient (Wildman–Crippen LogP) is 3.25. The van der Waals surface area contributed by atoms with Crippen LogP contribution in [0, 0.1) is 0 Å². The van der Waals surface area contributed by atoms with Crippen molar-refractivity contribution in [1.29, 1.82) is 0 Å². The molecular formula is C15H34NO3S+. The molecule has 0 atom stereocenters. The van der Waals surface area contributed by atoms with E-state index in [9.17, 15) is 13.0 Å². The van der Waals surface area contributed by atoms with Crippen molar-refractivity contribution < 1.29 is 18.9 Å². The second-order valence-electron chi connectivity index (χ2n) is 5.91. The van der Waals surface area contributed by atoms with E-state index in [1.54, 1.807) is 0 Å². The molecule has 0 aliphatic rings. The van der Waals surface area contributed by atoms with Gasteiger partial charge in [-0.2, -0.15) is 0 Å². The smallest absolute Gasteiger partial charge is 0.748 e. The number of unbranched alkanes of at least 4 members (excludes halogenated alkanes) is 3. The minimum absolute atomic E-state index is 0. The Hall–Kier alpha value is -0.130. The highest BCUT2D eigenvalue weighted by Gasteiger charge is 2.25. The highest BCUT2D eigenvalue weighted by molar-refractivity contribution is 7.85. The van der Waals surface area contributed by atoms with Crippen LogP contribution < -0.4 is 0 Å². The highest BCUT2D eigenvalue weighted by Crippen LogP contribution is 2.16. The van der Waals surface area contributed by atoms with Crippen LogP contribution in [0.25, 0.3) is 0 Å². The molecule has 0 spiro atoms. The van der Waals surface area contributed by atoms with Crippen molar-refractivity contribution in [3.8, 4) is 0 Å². The van der Waals surface area contributed by atoms with Crippen molar-refractivity contribution in [1.82, 2.24) is 0 Å². The summed E-state index contributed by atoms with van der Waals surface area (Å²) in [6.07, 6.45) is 7.53. The van der Waals surface area contributed by atoms with Crippen LogP contribution in [0.3, 0.4) is 0 Å². The summed E-state index contributed by atoms with van der Waals surface area (Å²) in [6.45, 7) is 10.8. The standard InChI is InChI=1S/C15H33NO3S/c1-4-7-11-16(12-8-5-2,13-9-6-3)14-10-15-20(17,18)19/h4-15H2,1-3H3/p+1. The van der Waals surface area contributed by atoms with Gasteiger partial charge < -0.3 is 9.04 Å². The van der Waals surface area contributed by atoms with Crippen molar-refractivity contribution in [3.63, 3.8) is 0 Å². The molecule has 0 heterocycles. The van der Waals surface area contributed by atoms with Crippen molar-refractivity contribution >= 4 is 10.1 Å². The largest absolute Gasteiger partial charge is 1.00 e. The first kappa shape index (κ1) is 19.9. The third-order valence-corrected chi connectivity index (χ3v) is 4.77. The van der Waals surface area contributed by atoms with E-state index in [2.05, 4.69) is 20.8 Å². The molecule has 0 N–H and O–H groups in total. The Bertz CT molecular complexity index is 312. The molecule has 0 radical (unpaired) electrons. The molecule has 20 heavy (non-hydrogen) atoms. The van der Waals surface area contributed by atoms with E-state index in [0.717, 1.165) is 49.9 Å². The van der Waals surface area contributed by atoms with Crippen molar-refractivity contribution in [2.24, 2.45) is 0 Å². The zero-order valence-corrected chi connectivity index (χ0v) is 14.4. The third kappa shape index (κ3) is 9.72. The Morgan fingerprint density at radius 3 is 1.45 bits per heavy atom. The van der Waals surface area contributed by atoms with E-state index in [0.29, 0.717) is 6.42 Å². The van der Waals surface area contributed by atoms with E-state index in [1.807, 2.05) is 0 Å². The minimum atomic E-state index is -4.07. The number of hydrogen-bond acceptors (Lipinski definition) is 3. The summed E-state index contributed by atoms with van der Waals surface area (Å²) < 4.78 is 33.4. The summed E-state index contributed by atoms with van der Waals surface area (Å²) in [6, 6.07) is 0. The molecule has 0 aliphatic carbocycles. The van der Waals surface area contributed by atoms with Gasteiger partial charge in [-0.25, -0.2) is 8.42 Å². The molecule has 0 saturated carbocycles. The van der Waals surface area contributed by atoms with E-state index in [4.69, 9.17) is 0 Å². The second kappa shape index (κ2) is 10.6. The minimum Gasteiger partial charge on any atom is -0.748 e. The zero-order valence-electron chi connectivity index (χ0n) is 14.6. The summed E-state index contributed by atoms with van der Waals surface area (Å²) >= 11 is 0. The SMILES string of the molecule is CCCC[N+](CCCC)(CCCC)CCCS(=O)(=O)[O-].[H+]. The van der Waals surface area contributed by atoms with Crippen LogP contribution >= 0.6 is 0 Å². The fourth-order valence-corrected chi connectivity index (χ4v) is 3.21. The normalized spacial score (nSPS) is 12.8. The van der Waals surface area contributed by atoms with Crippen molar-refractivity contribution in [3.05, 3.63) is 0 Å². The monoisotopic (exact) mass is 308 g/mol. The molecule has 0 amide bonds. The first-order valence-electron chi connectivity index (χ1n) is 8.17. The molecule has 4 nitrogen and oxygen atoms in total. The van der Waals surface area contributed by atoms with Gasteiger partial charge >= 0.3 is 1.43 Å². The molecule has 5 heteroatoms. The lowest BCUT2D eigenvalue weighted by Gasteiger charge is -2.39. The molecule has 0 aliphatic heterocycles. The van der Waals surface area contributed by atoms with Gasteiger partial charge in [0.1, 0.15) is 0 Å². The van der Waals surface area contributed by atoms with Crippen molar-refractivity contribution in [2.45, 2.75) is 65.7 Å². The van der Waals surface area contributed by atoms with Gasteiger partial charge in [0.2, 0.25) is 0 Å². The molecule has 0 aromatic rings. The van der Waals surface area contributed by atoms with Gasteiger partial charge in [-0.05, 0) is 19.3 Å². The van der Waals surface area contributed by atoms with Crippen LogP contribution in [0.5, 0.6) is 0 Å². The average molecular weight is 309 g/mol. The predicted molar refractivity (Wildman–Crippen MR) is 84.7 cm³/mol. The van der Waals surface area contributed by atoms with Crippen LogP contribution in [0.2, 0.25) is 0 Å². The summed E-state index contributed by atoms with van der Waals surface area (Å²) in [5, 5.41) is 0. The first-order valence-corrected chi connectivity index (χ1v) is 9.75. The van der Waals surface area contributed by atoms with E-state index >= 15 is 0 Å². The molecule has 0 aromatic heterocycles. The first-order chi connectivity index (χ1) is 9.39. The van der Waals surface area contributed by atoms with E-state index in [1.165, 1.54) is 19.3 Å². The van der Waals surface area contributed by atoms with Crippen LogP contribution in [-0.2, 0) is 10.1 Å². The Kier molecular flexibility index (Phi) is 10.5. The molecular weight excluding hydrogens is 274 g/mol. The van der Waals surface area contributed by atoms with E-state index in [-0.39, 0.29) is 7.18 Å². The fraction of sp³-hybridized carbons (Fsp3) is 1.00. The molecule has 0 unspecified atom stereocenters. The lowest BCUT2D eigenvalue weighted by atomic mass is 10.1. The summed E-state index contributed by atoms with van der Waals surface area (Å²) in [4.78, 5) is 0. The lowest BCUT2D eigenvalue weighted by Crippen LogP contribution is -2.51. The van der Waals surface area contributed by atoms with Gasteiger partial charge in [-0.3, -0.25) is 0 Å². The molecule has 0 bridgehead atoms. The molecule has 0 aromatic carbocycles. The summed E-state index contributed by atoms with van der Waals surface area (Å²) in [5.74, 6) is -0.211. The van der Waals surface area contributed by atoms with E-state index < -0.39 is 10.1 Å². The zero-order chi connectivity index (χ0) is 15.5. The van der Waals surface area contributed by atoms with Gasteiger partial charge in [0.25, 0.3) is 0 Å². The van der Waals surface area contributed by atoms with Gasteiger partial charge in [-0.1, -0.05) is 40.0 Å². The van der Waals surface area contributed by atoms with Gasteiger partial charge in [0.15, 0.2) is 0 Å². The molecule has 0 fully saturated rings. The number of quaternary nitrogens is 1. The maximum atomic E-state index is 10.8. The Balaban J connectivity index is 0. The lowest BCUT2D eigenvalue weighted by molar-refractivity contribution is -0.928. The number of rotatable bonds is 13. The summed E-state index contributed by atoms with van der Waals surface area (Å²) in [5.41, 5.74) is 0. The maximum absolute atomic E-state index is 10.8. The maximum Gasteiger partial charge on any atom is 1.00 e. The quantitative estimate of drug-likeness (QED) is 0.387. The Labute approximate surface area is 127 Å². The van der Waals surface area contributed by atoms with Crippen LogP contribution in [0.1, 0.15) is 67.1 Å². The van der Waals surface area contributed by atoms with Gasteiger partial charge in [0.05, 0.1) is 36.3 Å². The number of hydrogen-bond donors (Lipinski definition) is 0. The Morgan fingerprint density at radius 1 is 0.800 bits per heavy atom. The van der Waals surface area contributed by atoms with Gasteiger partial charge in [-0.15, -0.1) is 0 Å². The van der Waals surface area contributed by atoms with Crippen LogP contribution in [0.4, 0.5) is 0 Å². The van der Waals surface area contributed by atoms with Gasteiger partial charge in [0, 0.05) is 12.2 Å². The third-order valence-electron chi connectivity index (χ3n) is 3.98. The van der Waals surface area contributed by atoms with Crippen LogP contribution in [0.15, 0.2) is 0 Å². The fourth-order valence-electron chi connectivity index (χ4n) is 2.73. The molecule has 0 rings (SSSR count). The average Bonchev–Trinajstić information content (AvgIpc) is 2.38. The van der Waals surface area contributed by atoms with Crippen LogP contribution in [-0.4, -0.2) is 49.4 Å². The second-order valence-corrected chi connectivity index (χ2v) is 7.44.